The molecule has 1 N–H and O–H groups in total. The van der Waals surface area contributed by atoms with Crippen LogP contribution in [0, 0.1) is 5.82 Å². The molecule has 1 heterocycles. The fourth-order valence-corrected chi connectivity index (χ4v) is 2.95. The van der Waals surface area contributed by atoms with Crippen LogP contribution in [-0.2, 0) is 15.7 Å². The van der Waals surface area contributed by atoms with Gasteiger partial charge in [0.25, 0.3) is 0 Å². The molecule has 0 bridgehead atoms. The summed E-state index contributed by atoms with van der Waals surface area (Å²) in [4.78, 5) is 25.0. The Morgan fingerprint density at radius 3 is 2.16 bits per heavy atom. The molecule has 1 aromatic heterocycles. The van der Waals surface area contributed by atoms with Crippen molar-refractivity contribution in [3.63, 3.8) is 0 Å². The normalized spacial score (nSPS) is 11.3. The van der Waals surface area contributed by atoms with E-state index in [0.717, 1.165) is 18.9 Å². The lowest BCUT2D eigenvalue weighted by atomic mass is 10.0. The molecule has 0 aliphatic heterocycles. The number of phenolic OH excluding ortho intramolecular Hbond substituents is 1. The maximum Gasteiger partial charge on any atom is 0.419 e. The molecule has 0 atom stereocenters. The quantitative estimate of drug-likeness (QED) is 0.490. The Labute approximate surface area is 172 Å². The highest BCUT2D eigenvalue weighted by Crippen LogP contribution is 2.43. The Kier molecular flexibility index (Phi) is 5.69. The Hall–Kier alpha value is -3.89. The summed E-state index contributed by atoms with van der Waals surface area (Å²) in [6.45, 7) is 0. The van der Waals surface area contributed by atoms with E-state index in [1.54, 1.807) is 18.2 Å². The average Bonchev–Trinajstić information content (AvgIpc) is 3.12. The number of ether oxygens (including phenoxy) is 2. The third kappa shape index (κ3) is 3.81. The lowest BCUT2D eigenvalue weighted by molar-refractivity contribution is -0.138. The number of alkyl halides is 3. The van der Waals surface area contributed by atoms with Crippen LogP contribution in [0.3, 0.4) is 0 Å². The first kappa shape index (κ1) is 21.8. The van der Waals surface area contributed by atoms with Crippen molar-refractivity contribution in [1.29, 1.82) is 0 Å². The number of aromatic nitrogens is 2. The summed E-state index contributed by atoms with van der Waals surface area (Å²) in [5, 5.41) is 14.2. The maximum absolute atomic E-state index is 14.6. The number of para-hydroxylation sites is 1. The van der Waals surface area contributed by atoms with E-state index in [1.807, 2.05) is 0 Å². The van der Waals surface area contributed by atoms with Crippen molar-refractivity contribution >= 4 is 11.9 Å². The molecule has 0 saturated heterocycles. The molecule has 7 nitrogen and oxygen atoms in total. The van der Waals surface area contributed by atoms with E-state index in [0.29, 0.717) is 12.1 Å². The van der Waals surface area contributed by atoms with E-state index >= 15 is 0 Å². The van der Waals surface area contributed by atoms with Crippen molar-refractivity contribution in [3.05, 3.63) is 65.1 Å². The molecular weight excluding hydrogens is 424 g/mol. The number of halogens is 4. The summed E-state index contributed by atoms with van der Waals surface area (Å²) in [5.74, 6) is -5.08. The molecule has 0 fully saturated rings. The largest absolute Gasteiger partial charge is 0.506 e. The summed E-state index contributed by atoms with van der Waals surface area (Å²) in [7, 11) is 1.96. The lowest BCUT2D eigenvalue weighted by Gasteiger charge is -2.13. The molecule has 162 valence electrons. The fourth-order valence-electron chi connectivity index (χ4n) is 2.95. The van der Waals surface area contributed by atoms with Crippen LogP contribution in [0.25, 0.3) is 16.9 Å². The van der Waals surface area contributed by atoms with Gasteiger partial charge in [-0.3, -0.25) is 0 Å². The van der Waals surface area contributed by atoms with Crippen LogP contribution in [0.15, 0.2) is 42.5 Å². The SMILES string of the molecule is COC(=O)c1c(-c2c(F)ccc(C(F)(F)F)c2O)nn(-c2ccccc2)c1C(=O)OC. The van der Waals surface area contributed by atoms with Gasteiger partial charge in [0.15, 0.2) is 5.69 Å². The minimum absolute atomic E-state index is 0.214. The van der Waals surface area contributed by atoms with Crippen molar-refractivity contribution in [3.8, 4) is 22.7 Å². The third-order valence-corrected chi connectivity index (χ3v) is 4.32. The van der Waals surface area contributed by atoms with Gasteiger partial charge in [0.05, 0.1) is 31.0 Å². The second kappa shape index (κ2) is 8.09. The zero-order valence-electron chi connectivity index (χ0n) is 16.0. The lowest BCUT2D eigenvalue weighted by Crippen LogP contribution is -2.15. The van der Waals surface area contributed by atoms with Gasteiger partial charge in [-0.2, -0.15) is 18.3 Å². The Balaban J connectivity index is 2.46. The van der Waals surface area contributed by atoms with Gasteiger partial charge in [0, 0.05) is 0 Å². The predicted molar refractivity (Wildman–Crippen MR) is 98.3 cm³/mol. The predicted octanol–water partition coefficient (Wildman–Crippen LogP) is 3.98. The topological polar surface area (TPSA) is 90.6 Å². The number of phenols is 1. The molecule has 0 aliphatic rings. The molecule has 2 aromatic carbocycles. The van der Waals surface area contributed by atoms with Crippen LogP contribution in [0.1, 0.15) is 26.4 Å². The monoisotopic (exact) mass is 438 g/mol. The molecule has 0 aliphatic carbocycles. The van der Waals surface area contributed by atoms with E-state index in [1.165, 1.54) is 12.1 Å². The van der Waals surface area contributed by atoms with Crippen molar-refractivity contribution < 1.29 is 41.7 Å². The molecule has 0 amide bonds. The molecule has 0 unspecified atom stereocenters. The zero-order chi connectivity index (χ0) is 22.9. The first-order valence-corrected chi connectivity index (χ1v) is 8.55. The number of hydrogen-bond donors (Lipinski definition) is 1. The zero-order valence-corrected chi connectivity index (χ0v) is 16.0. The van der Waals surface area contributed by atoms with E-state index < -0.39 is 57.8 Å². The number of rotatable bonds is 4. The maximum atomic E-state index is 14.6. The number of carbonyl (C=O) groups excluding carboxylic acids is 2. The number of methoxy groups -OCH3 is 2. The summed E-state index contributed by atoms with van der Waals surface area (Å²) in [6.07, 6.45) is -5.02. The second-order valence-electron chi connectivity index (χ2n) is 6.12. The van der Waals surface area contributed by atoms with Gasteiger partial charge in [-0.15, -0.1) is 0 Å². The summed E-state index contributed by atoms with van der Waals surface area (Å²) in [6, 6.07) is 8.56. The first-order chi connectivity index (χ1) is 14.6. The summed E-state index contributed by atoms with van der Waals surface area (Å²) in [5.41, 5.74) is -4.27. The van der Waals surface area contributed by atoms with Gasteiger partial charge in [0.1, 0.15) is 22.8 Å². The van der Waals surface area contributed by atoms with E-state index in [2.05, 4.69) is 14.6 Å². The minimum Gasteiger partial charge on any atom is -0.506 e. The van der Waals surface area contributed by atoms with Crippen molar-refractivity contribution in [2.24, 2.45) is 0 Å². The second-order valence-corrected chi connectivity index (χ2v) is 6.12. The van der Waals surface area contributed by atoms with Gasteiger partial charge in [0.2, 0.25) is 0 Å². The van der Waals surface area contributed by atoms with E-state index in [-0.39, 0.29) is 5.69 Å². The number of aromatic hydroxyl groups is 1. The van der Waals surface area contributed by atoms with E-state index in [4.69, 9.17) is 0 Å². The van der Waals surface area contributed by atoms with Crippen LogP contribution in [-0.4, -0.2) is 41.0 Å². The Bertz CT molecular complexity index is 1160. The summed E-state index contributed by atoms with van der Waals surface area (Å²) >= 11 is 0. The smallest absolute Gasteiger partial charge is 0.419 e. The Morgan fingerprint density at radius 1 is 1.00 bits per heavy atom. The van der Waals surface area contributed by atoms with Crippen molar-refractivity contribution in [1.82, 2.24) is 9.78 Å². The average molecular weight is 438 g/mol. The number of hydrogen-bond acceptors (Lipinski definition) is 6. The molecule has 0 spiro atoms. The van der Waals surface area contributed by atoms with Crippen molar-refractivity contribution in [2.75, 3.05) is 14.2 Å². The standard InChI is InChI=1S/C20H14F4N2O5/c1-30-18(28)14-15(13-12(21)9-8-11(17(13)27)20(22,23)24)25-26(16(14)19(29)31-2)10-6-4-3-5-7-10/h3-9,27H,1-2H3. The molecule has 11 heteroatoms. The molecule has 3 aromatic rings. The van der Waals surface area contributed by atoms with Gasteiger partial charge in [-0.05, 0) is 24.3 Å². The van der Waals surface area contributed by atoms with Crippen LogP contribution >= 0.6 is 0 Å². The fraction of sp³-hybridized carbons (Fsp3) is 0.150. The number of esters is 2. The highest BCUT2D eigenvalue weighted by Gasteiger charge is 2.39. The molecule has 3 rings (SSSR count). The van der Waals surface area contributed by atoms with Crippen molar-refractivity contribution in [2.45, 2.75) is 6.18 Å². The number of nitrogens with zero attached hydrogens (tertiary/aromatic N) is 2. The number of benzene rings is 2. The highest BCUT2D eigenvalue weighted by atomic mass is 19.4. The van der Waals surface area contributed by atoms with Crippen LogP contribution in [0.5, 0.6) is 5.75 Å². The van der Waals surface area contributed by atoms with Gasteiger partial charge >= 0.3 is 18.1 Å². The van der Waals surface area contributed by atoms with Crippen LogP contribution in [0.4, 0.5) is 17.6 Å². The highest BCUT2D eigenvalue weighted by molar-refractivity contribution is 6.07. The third-order valence-electron chi connectivity index (χ3n) is 4.32. The molecule has 0 radical (unpaired) electrons. The summed E-state index contributed by atoms with van der Waals surface area (Å²) < 4.78 is 64.6. The van der Waals surface area contributed by atoms with Gasteiger partial charge in [-0.25, -0.2) is 18.7 Å². The van der Waals surface area contributed by atoms with E-state index in [9.17, 15) is 32.3 Å². The van der Waals surface area contributed by atoms with Gasteiger partial charge in [-0.1, -0.05) is 18.2 Å². The molecule has 0 saturated carbocycles. The van der Waals surface area contributed by atoms with Crippen LogP contribution < -0.4 is 0 Å². The Morgan fingerprint density at radius 2 is 1.61 bits per heavy atom. The minimum atomic E-state index is -5.02. The first-order valence-electron chi connectivity index (χ1n) is 8.55. The molecule has 31 heavy (non-hydrogen) atoms. The van der Waals surface area contributed by atoms with Crippen LogP contribution in [0.2, 0.25) is 0 Å². The number of carbonyl (C=O) groups is 2. The molecular formula is C20H14F4N2O5. The van der Waals surface area contributed by atoms with Gasteiger partial charge < -0.3 is 14.6 Å².